The van der Waals surface area contributed by atoms with Gasteiger partial charge in [-0.15, -0.1) is 11.8 Å². The van der Waals surface area contributed by atoms with Crippen molar-refractivity contribution in [3.63, 3.8) is 0 Å². The smallest absolute Gasteiger partial charge is 0.240 e. The number of amides is 2. The van der Waals surface area contributed by atoms with Crippen molar-refractivity contribution in [2.24, 2.45) is 0 Å². The highest BCUT2D eigenvalue weighted by molar-refractivity contribution is 8.00. The van der Waals surface area contributed by atoms with Gasteiger partial charge in [0.1, 0.15) is 29.7 Å². The number of aromatic nitrogens is 2. The highest BCUT2D eigenvalue weighted by Gasteiger charge is 2.38. The van der Waals surface area contributed by atoms with Gasteiger partial charge in [-0.05, 0) is 48.9 Å². The van der Waals surface area contributed by atoms with Crippen LogP contribution in [0.15, 0.2) is 72.8 Å². The highest BCUT2D eigenvalue weighted by atomic mass is 32.2. The van der Waals surface area contributed by atoms with Crippen molar-refractivity contribution in [2.75, 3.05) is 38.0 Å². The zero-order valence-corrected chi connectivity index (χ0v) is 23.9. The van der Waals surface area contributed by atoms with Crippen molar-refractivity contribution in [2.45, 2.75) is 18.6 Å². The Bertz CT molecular complexity index is 1540. The first-order valence-corrected chi connectivity index (χ1v) is 14.3. The van der Waals surface area contributed by atoms with Gasteiger partial charge in [0, 0.05) is 23.2 Å². The van der Waals surface area contributed by atoms with Gasteiger partial charge in [0.15, 0.2) is 0 Å². The molecule has 0 fully saturated rings. The summed E-state index contributed by atoms with van der Waals surface area (Å²) in [6.07, 6.45) is 0.768. The minimum atomic E-state index is -0.410. The van der Waals surface area contributed by atoms with Crippen LogP contribution in [0.5, 0.6) is 11.5 Å². The number of methoxy groups -OCH3 is 2. The number of anilines is 1. The number of ether oxygens (including phenoxy) is 2. The molecule has 2 amide bonds. The Morgan fingerprint density at radius 3 is 2.51 bits per heavy atom. The SMILES string of the molecule is CCCNC(=O)CN1C(=O)CS[C@H](c2cc(OC)ccc2OC)c2c(-c3ccccc3)nn(-c3ccc(F)cc3)c21. The van der Waals surface area contributed by atoms with Gasteiger partial charge in [-0.2, -0.15) is 5.10 Å². The van der Waals surface area contributed by atoms with E-state index in [9.17, 15) is 14.0 Å². The summed E-state index contributed by atoms with van der Waals surface area (Å²) < 4.78 is 26.9. The minimum absolute atomic E-state index is 0.110. The molecule has 5 rings (SSSR count). The monoisotopic (exact) mass is 574 g/mol. The third-order valence-electron chi connectivity index (χ3n) is 6.80. The first kappa shape index (κ1) is 28.2. The van der Waals surface area contributed by atoms with Crippen LogP contribution < -0.4 is 19.7 Å². The molecule has 1 N–H and O–H groups in total. The van der Waals surface area contributed by atoms with Crippen molar-refractivity contribution in [1.29, 1.82) is 0 Å². The lowest BCUT2D eigenvalue weighted by Crippen LogP contribution is -2.42. The van der Waals surface area contributed by atoms with Crippen molar-refractivity contribution >= 4 is 29.4 Å². The zero-order chi connectivity index (χ0) is 28.9. The van der Waals surface area contributed by atoms with Crippen LogP contribution in [0.2, 0.25) is 0 Å². The number of carbonyl (C=O) groups is 2. The molecule has 0 unspecified atom stereocenters. The molecule has 0 radical (unpaired) electrons. The fourth-order valence-electron chi connectivity index (χ4n) is 4.84. The Balaban J connectivity index is 1.82. The average Bonchev–Trinajstić information content (AvgIpc) is 3.33. The van der Waals surface area contributed by atoms with E-state index in [1.54, 1.807) is 31.0 Å². The Morgan fingerprint density at radius 2 is 1.83 bits per heavy atom. The van der Waals surface area contributed by atoms with Crippen LogP contribution in [-0.4, -0.2) is 54.7 Å². The van der Waals surface area contributed by atoms with Gasteiger partial charge in [0.05, 0.1) is 36.6 Å². The predicted molar refractivity (Wildman–Crippen MR) is 158 cm³/mol. The summed E-state index contributed by atoms with van der Waals surface area (Å²) in [5.41, 5.74) is 3.58. The van der Waals surface area contributed by atoms with E-state index in [2.05, 4.69) is 5.32 Å². The molecule has 10 heteroatoms. The number of benzene rings is 3. The second-order valence-corrected chi connectivity index (χ2v) is 10.6. The third-order valence-corrected chi connectivity index (χ3v) is 8.04. The summed E-state index contributed by atoms with van der Waals surface area (Å²) in [6, 6.07) is 21.1. The second-order valence-electron chi connectivity index (χ2n) is 9.47. The van der Waals surface area contributed by atoms with Crippen molar-refractivity contribution in [1.82, 2.24) is 15.1 Å². The van der Waals surface area contributed by atoms with Gasteiger partial charge in [0.2, 0.25) is 11.8 Å². The molecule has 0 saturated carbocycles. The summed E-state index contributed by atoms with van der Waals surface area (Å²) in [4.78, 5) is 28.3. The van der Waals surface area contributed by atoms with Gasteiger partial charge >= 0.3 is 0 Å². The molecule has 2 heterocycles. The van der Waals surface area contributed by atoms with Crippen molar-refractivity contribution in [3.8, 4) is 28.4 Å². The fraction of sp³-hybridized carbons (Fsp3) is 0.258. The summed E-state index contributed by atoms with van der Waals surface area (Å²) in [7, 11) is 3.20. The molecule has 0 spiro atoms. The maximum atomic E-state index is 14.0. The average molecular weight is 575 g/mol. The standard InChI is InChI=1S/C31H31FN4O4S/c1-4-16-33-26(37)18-35-27(38)19-41-30(24-17-23(39-2)14-15-25(24)40-3)28-29(20-8-6-5-7-9-20)34-36(31(28)35)22-12-10-21(32)11-13-22/h5-15,17,30H,4,16,18-19H2,1-3H3,(H,33,37)/t30-/m1/s1. The number of hydrogen-bond acceptors (Lipinski definition) is 6. The number of thioether (sulfide) groups is 1. The number of carbonyl (C=O) groups excluding carboxylic acids is 2. The molecule has 0 aliphatic carbocycles. The van der Waals surface area contributed by atoms with E-state index < -0.39 is 11.1 Å². The lowest BCUT2D eigenvalue weighted by Gasteiger charge is -2.23. The van der Waals surface area contributed by atoms with Crippen molar-refractivity contribution < 1.29 is 23.5 Å². The van der Waals surface area contributed by atoms with Crippen molar-refractivity contribution in [3.05, 3.63) is 89.7 Å². The quantitative estimate of drug-likeness (QED) is 0.289. The number of fused-ring (bicyclic) bond motifs is 1. The molecule has 1 aliphatic heterocycles. The van der Waals surface area contributed by atoms with Gasteiger partial charge < -0.3 is 14.8 Å². The van der Waals surface area contributed by atoms with E-state index in [0.29, 0.717) is 35.2 Å². The lowest BCUT2D eigenvalue weighted by molar-refractivity contribution is -0.122. The second kappa shape index (κ2) is 12.5. The molecule has 41 heavy (non-hydrogen) atoms. The number of halogens is 1. The van der Waals surface area contributed by atoms with Crippen LogP contribution >= 0.6 is 11.8 Å². The Hall–Kier alpha value is -4.31. The number of nitrogens with one attached hydrogen (secondary N) is 1. The Labute approximate surface area is 242 Å². The molecule has 0 saturated heterocycles. The fourth-order valence-corrected chi connectivity index (χ4v) is 6.06. The first-order chi connectivity index (χ1) is 19.9. The summed E-state index contributed by atoms with van der Waals surface area (Å²) >= 11 is 1.43. The van der Waals surface area contributed by atoms with Crippen LogP contribution in [0.25, 0.3) is 16.9 Å². The molecule has 4 aromatic rings. The minimum Gasteiger partial charge on any atom is -0.497 e. The van der Waals surface area contributed by atoms with E-state index in [1.165, 1.54) is 28.8 Å². The molecule has 212 valence electrons. The molecule has 0 bridgehead atoms. The van der Waals surface area contributed by atoms with Gasteiger partial charge in [-0.25, -0.2) is 9.07 Å². The van der Waals surface area contributed by atoms with Gasteiger partial charge in [-0.1, -0.05) is 37.3 Å². The highest BCUT2D eigenvalue weighted by Crippen LogP contribution is 2.51. The molecule has 3 aromatic carbocycles. The maximum Gasteiger partial charge on any atom is 0.240 e. The number of rotatable bonds is 9. The number of nitrogens with zero attached hydrogens (tertiary/aromatic N) is 3. The predicted octanol–water partition coefficient (Wildman–Crippen LogP) is 5.39. The molecule has 1 atom stereocenters. The molecule has 8 nitrogen and oxygen atoms in total. The van der Waals surface area contributed by atoms with Crippen LogP contribution in [0.4, 0.5) is 10.2 Å². The zero-order valence-electron chi connectivity index (χ0n) is 23.1. The van der Waals surface area contributed by atoms with E-state index in [-0.39, 0.29) is 24.1 Å². The van der Waals surface area contributed by atoms with Crippen LogP contribution in [0.3, 0.4) is 0 Å². The summed E-state index contributed by atoms with van der Waals surface area (Å²) in [5, 5.41) is 7.48. The van der Waals surface area contributed by atoms with Gasteiger partial charge in [0.25, 0.3) is 0 Å². The summed E-state index contributed by atoms with van der Waals surface area (Å²) in [6.45, 7) is 2.28. The number of hydrogen-bond donors (Lipinski definition) is 1. The van der Waals surface area contributed by atoms with Crippen LogP contribution in [0, 0.1) is 5.82 Å². The normalized spacial score (nSPS) is 14.8. The van der Waals surface area contributed by atoms with Gasteiger partial charge in [-0.3, -0.25) is 14.5 Å². The van der Waals surface area contributed by atoms with Crippen LogP contribution in [0.1, 0.15) is 29.7 Å². The summed E-state index contributed by atoms with van der Waals surface area (Å²) in [5.74, 6) is 0.921. The maximum absolute atomic E-state index is 14.0. The molecular formula is C31H31FN4O4S. The van der Waals surface area contributed by atoms with E-state index in [4.69, 9.17) is 14.6 Å². The topological polar surface area (TPSA) is 85.7 Å². The molecule has 1 aliphatic rings. The van der Waals surface area contributed by atoms with E-state index in [1.807, 2.05) is 55.5 Å². The van der Waals surface area contributed by atoms with Crippen LogP contribution in [-0.2, 0) is 9.59 Å². The molecule has 1 aromatic heterocycles. The molecular weight excluding hydrogens is 543 g/mol. The first-order valence-electron chi connectivity index (χ1n) is 13.3. The Kier molecular flexibility index (Phi) is 8.58. The largest absolute Gasteiger partial charge is 0.497 e. The lowest BCUT2D eigenvalue weighted by atomic mass is 9.98. The van der Waals surface area contributed by atoms with E-state index in [0.717, 1.165) is 23.1 Å². The third kappa shape index (κ3) is 5.78. The van der Waals surface area contributed by atoms with E-state index >= 15 is 0 Å². The Morgan fingerprint density at radius 1 is 1.07 bits per heavy atom.